The van der Waals surface area contributed by atoms with Crippen molar-refractivity contribution < 1.29 is 19.1 Å². The predicted molar refractivity (Wildman–Crippen MR) is 151 cm³/mol. The van der Waals surface area contributed by atoms with Crippen molar-refractivity contribution in [3.8, 4) is 5.75 Å². The average molecular weight is 533 g/mol. The molecule has 8 heteroatoms. The van der Waals surface area contributed by atoms with Crippen LogP contribution in [0.1, 0.15) is 60.9 Å². The van der Waals surface area contributed by atoms with Crippen molar-refractivity contribution in [3.05, 3.63) is 59.7 Å². The SMILES string of the molecule is O=C(CCCCCOc1ccc(C(=O)N2CCC(N3C(=O)CCc4ccccc43)CC2)cc1)N1CCNCC1. The van der Waals surface area contributed by atoms with Gasteiger partial charge in [-0.25, -0.2) is 0 Å². The summed E-state index contributed by atoms with van der Waals surface area (Å²) in [5.41, 5.74) is 2.93. The Balaban J connectivity index is 1.02. The molecule has 0 aromatic heterocycles. The summed E-state index contributed by atoms with van der Waals surface area (Å²) in [5.74, 6) is 1.23. The number of aryl methyl sites for hydroxylation is 1. The first-order chi connectivity index (χ1) is 19.1. The lowest BCUT2D eigenvalue weighted by atomic mass is 9.95. The number of piperazine rings is 1. The van der Waals surface area contributed by atoms with E-state index in [9.17, 15) is 14.4 Å². The highest BCUT2D eigenvalue weighted by molar-refractivity contribution is 5.97. The number of carbonyl (C=O) groups excluding carboxylic acids is 3. The smallest absolute Gasteiger partial charge is 0.253 e. The van der Waals surface area contributed by atoms with Crippen molar-refractivity contribution in [3.63, 3.8) is 0 Å². The molecule has 0 radical (unpaired) electrons. The Morgan fingerprint density at radius 1 is 0.846 bits per heavy atom. The van der Waals surface area contributed by atoms with E-state index in [2.05, 4.69) is 11.4 Å². The maximum atomic E-state index is 13.1. The van der Waals surface area contributed by atoms with Crippen LogP contribution in [0.15, 0.2) is 48.5 Å². The van der Waals surface area contributed by atoms with Gasteiger partial charge >= 0.3 is 0 Å². The number of ether oxygens (including phenoxy) is 1. The van der Waals surface area contributed by atoms with E-state index < -0.39 is 0 Å². The quantitative estimate of drug-likeness (QED) is 0.499. The molecule has 3 aliphatic heterocycles. The van der Waals surface area contributed by atoms with Gasteiger partial charge in [0.1, 0.15) is 5.75 Å². The average Bonchev–Trinajstić information content (AvgIpc) is 2.99. The molecule has 0 aliphatic carbocycles. The Morgan fingerprint density at radius 3 is 2.36 bits per heavy atom. The lowest BCUT2D eigenvalue weighted by Crippen LogP contribution is -2.50. The predicted octanol–water partition coefficient (Wildman–Crippen LogP) is 3.64. The number of para-hydroxylation sites is 1. The number of nitrogens with zero attached hydrogens (tertiary/aromatic N) is 3. The molecule has 3 aliphatic rings. The van der Waals surface area contributed by atoms with Crippen LogP contribution in [-0.2, 0) is 16.0 Å². The van der Waals surface area contributed by atoms with Crippen LogP contribution in [0.3, 0.4) is 0 Å². The van der Waals surface area contributed by atoms with E-state index in [1.54, 1.807) is 0 Å². The van der Waals surface area contributed by atoms with Gasteiger partial charge in [-0.2, -0.15) is 0 Å². The molecule has 0 spiro atoms. The molecular weight excluding hydrogens is 492 g/mol. The fraction of sp³-hybridized carbons (Fsp3) is 0.516. The normalized spacial score (nSPS) is 18.2. The molecule has 3 heterocycles. The van der Waals surface area contributed by atoms with Gasteiger partial charge in [0.05, 0.1) is 6.61 Å². The zero-order valence-electron chi connectivity index (χ0n) is 22.8. The third-order valence-corrected chi connectivity index (χ3v) is 8.12. The molecule has 5 rings (SSSR count). The second kappa shape index (κ2) is 13.1. The molecule has 0 saturated carbocycles. The summed E-state index contributed by atoms with van der Waals surface area (Å²) in [4.78, 5) is 43.9. The van der Waals surface area contributed by atoms with Crippen molar-refractivity contribution in [1.82, 2.24) is 15.1 Å². The van der Waals surface area contributed by atoms with Crippen LogP contribution < -0.4 is 15.0 Å². The molecule has 0 atom stereocenters. The number of unbranched alkanes of at least 4 members (excludes halogenated alkanes) is 2. The van der Waals surface area contributed by atoms with E-state index in [4.69, 9.17) is 4.74 Å². The van der Waals surface area contributed by atoms with E-state index >= 15 is 0 Å². The molecule has 2 fully saturated rings. The largest absolute Gasteiger partial charge is 0.494 e. The minimum atomic E-state index is 0.0273. The van der Waals surface area contributed by atoms with E-state index in [1.807, 2.05) is 57.2 Å². The highest BCUT2D eigenvalue weighted by atomic mass is 16.5. The number of hydrogen-bond acceptors (Lipinski definition) is 5. The molecule has 39 heavy (non-hydrogen) atoms. The zero-order chi connectivity index (χ0) is 27.0. The summed E-state index contributed by atoms with van der Waals surface area (Å²) in [6.45, 7) is 5.29. The van der Waals surface area contributed by atoms with Crippen LogP contribution in [-0.4, -0.2) is 79.4 Å². The van der Waals surface area contributed by atoms with Crippen molar-refractivity contribution in [1.29, 1.82) is 0 Å². The van der Waals surface area contributed by atoms with Crippen LogP contribution in [0.2, 0.25) is 0 Å². The van der Waals surface area contributed by atoms with E-state index in [0.29, 0.717) is 38.1 Å². The van der Waals surface area contributed by atoms with Gasteiger partial charge < -0.3 is 24.8 Å². The summed E-state index contributed by atoms with van der Waals surface area (Å²) in [6.07, 6.45) is 6.28. The van der Waals surface area contributed by atoms with E-state index in [-0.39, 0.29) is 23.8 Å². The molecule has 0 unspecified atom stereocenters. The minimum absolute atomic E-state index is 0.0273. The Morgan fingerprint density at radius 2 is 1.59 bits per heavy atom. The summed E-state index contributed by atoms with van der Waals surface area (Å²) in [6, 6.07) is 15.7. The number of piperidine rings is 1. The molecule has 2 saturated heterocycles. The van der Waals surface area contributed by atoms with Crippen LogP contribution in [0.25, 0.3) is 0 Å². The summed E-state index contributed by atoms with van der Waals surface area (Å²) in [7, 11) is 0. The third kappa shape index (κ3) is 6.79. The van der Waals surface area contributed by atoms with Crippen molar-refractivity contribution in [2.75, 3.05) is 50.8 Å². The van der Waals surface area contributed by atoms with Gasteiger partial charge in [0.25, 0.3) is 5.91 Å². The van der Waals surface area contributed by atoms with Gasteiger partial charge in [-0.1, -0.05) is 18.2 Å². The van der Waals surface area contributed by atoms with Gasteiger partial charge in [0, 0.05) is 69.4 Å². The molecule has 3 amide bonds. The van der Waals surface area contributed by atoms with Gasteiger partial charge in [-0.05, 0) is 74.4 Å². The number of likely N-dealkylation sites (tertiary alicyclic amines) is 1. The molecule has 1 N–H and O–H groups in total. The first-order valence-corrected chi connectivity index (χ1v) is 14.5. The highest BCUT2D eigenvalue weighted by Crippen LogP contribution is 2.32. The van der Waals surface area contributed by atoms with Crippen molar-refractivity contribution in [2.45, 2.75) is 57.4 Å². The van der Waals surface area contributed by atoms with Gasteiger partial charge in [0.2, 0.25) is 11.8 Å². The van der Waals surface area contributed by atoms with Crippen LogP contribution >= 0.6 is 0 Å². The maximum Gasteiger partial charge on any atom is 0.253 e. The number of carbonyl (C=O) groups is 3. The number of benzene rings is 2. The third-order valence-electron chi connectivity index (χ3n) is 8.12. The number of anilines is 1. The van der Waals surface area contributed by atoms with Gasteiger partial charge in [-0.3, -0.25) is 14.4 Å². The van der Waals surface area contributed by atoms with Gasteiger partial charge in [-0.15, -0.1) is 0 Å². The van der Waals surface area contributed by atoms with Gasteiger partial charge in [0.15, 0.2) is 0 Å². The Kier molecular flexibility index (Phi) is 9.14. The molecular formula is C31H40N4O4. The Labute approximate surface area is 231 Å². The standard InChI is InChI=1S/C31H40N4O4/c36-29(33-21-17-32-18-22-33)8-2-1-5-23-39-27-12-9-25(10-13-27)31(38)34-19-15-26(16-20-34)35-28-7-4-3-6-24(28)11-14-30(35)37/h3-4,6-7,9-10,12-13,26,32H,1-2,5,8,11,14-23H2. The fourth-order valence-electron chi connectivity index (χ4n) is 5.87. The van der Waals surface area contributed by atoms with E-state index in [1.165, 1.54) is 5.56 Å². The number of nitrogens with one attached hydrogen (secondary N) is 1. The molecule has 0 bridgehead atoms. The molecule has 2 aromatic carbocycles. The van der Waals surface area contributed by atoms with Crippen molar-refractivity contribution in [2.24, 2.45) is 0 Å². The summed E-state index contributed by atoms with van der Waals surface area (Å²) in [5, 5.41) is 3.27. The second-order valence-corrected chi connectivity index (χ2v) is 10.7. The molecule has 2 aromatic rings. The Hall–Kier alpha value is -3.39. The number of fused-ring (bicyclic) bond motifs is 1. The first-order valence-electron chi connectivity index (χ1n) is 14.5. The lowest BCUT2D eigenvalue weighted by Gasteiger charge is -2.41. The second-order valence-electron chi connectivity index (χ2n) is 10.7. The van der Waals surface area contributed by atoms with Crippen LogP contribution in [0, 0.1) is 0 Å². The number of rotatable bonds is 9. The summed E-state index contributed by atoms with van der Waals surface area (Å²) < 4.78 is 5.86. The zero-order valence-corrected chi connectivity index (χ0v) is 22.8. The van der Waals surface area contributed by atoms with E-state index in [0.717, 1.165) is 76.1 Å². The summed E-state index contributed by atoms with van der Waals surface area (Å²) >= 11 is 0. The highest BCUT2D eigenvalue weighted by Gasteiger charge is 2.33. The van der Waals surface area contributed by atoms with Crippen LogP contribution in [0.5, 0.6) is 5.75 Å². The molecule has 208 valence electrons. The Bertz CT molecular complexity index is 1140. The topological polar surface area (TPSA) is 82.2 Å². The number of amides is 3. The van der Waals surface area contributed by atoms with Crippen LogP contribution in [0.4, 0.5) is 5.69 Å². The lowest BCUT2D eigenvalue weighted by molar-refractivity contribution is -0.131. The minimum Gasteiger partial charge on any atom is -0.494 e. The maximum absolute atomic E-state index is 13.1. The number of hydrogen-bond donors (Lipinski definition) is 1. The molecule has 8 nitrogen and oxygen atoms in total. The van der Waals surface area contributed by atoms with Crippen molar-refractivity contribution >= 4 is 23.4 Å². The fourth-order valence-corrected chi connectivity index (χ4v) is 5.87. The monoisotopic (exact) mass is 532 g/mol. The first kappa shape index (κ1) is 27.2.